The standard InChI is InChI=1S/C16H21N5O/c1-2-4-10-5-3-6-11(7-10)21-14-12(20-16(21)22)8-17-15-13(14)18-9-19-15/h8-11H,2-7H2,1H3,(H,20,22)(H,17,18,19)/t10-,11?/m0/s1. The molecule has 0 amide bonds. The highest BCUT2D eigenvalue weighted by molar-refractivity contribution is 5.98. The van der Waals surface area contributed by atoms with Gasteiger partial charge < -0.3 is 9.97 Å². The van der Waals surface area contributed by atoms with E-state index in [0.717, 1.165) is 35.3 Å². The molecule has 6 nitrogen and oxygen atoms in total. The summed E-state index contributed by atoms with van der Waals surface area (Å²) in [5.41, 5.74) is 3.21. The Kier molecular flexibility index (Phi) is 3.24. The second kappa shape index (κ2) is 5.26. The molecule has 0 radical (unpaired) electrons. The smallest absolute Gasteiger partial charge is 0.326 e. The predicted molar refractivity (Wildman–Crippen MR) is 85.9 cm³/mol. The van der Waals surface area contributed by atoms with Gasteiger partial charge in [0.15, 0.2) is 5.65 Å². The van der Waals surface area contributed by atoms with E-state index >= 15 is 0 Å². The van der Waals surface area contributed by atoms with Crippen LogP contribution in [-0.4, -0.2) is 24.5 Å². The molecule has 3 aromatic heterocycles. The third-order valence-electron chi connectivity index (χ3n) is 4.95. The van der Waals surface area contributed by atoms with Crippen LogP contribution in [0.15, 0.2) is 17.3 Å². The monoisotopic (exact) mass is 299 g/mol. The number of nitrogens with zero attached hydrogens (tertiary/aromatic N) is 3. The zero-order valence-corrected chi connectivity index (χ0v) is 12.8. The molecule has 3 aromatic rings. The highest BCUT2D eigenvalue weighted by Crippen LogP contribution is 2.36. The molecule has 0 saturated heterocycles. The summed E-state index contributed by atoms with van der Waals surface area (Å²) in [6.07, 6.45) is 10.5. The van der Waals surface area contributed by atoms with Crippen molar-refractivity contribution in [1.82, 2.24) is 24.5 Å². The van der Waals surface area contributed by atoms with E-state index < -0.39 is 0 Å². The number of aromatic amines is 2. The number of nitrogens with one attached hydrogen (secondary N) is 2. The van der Waals surface area contributed by atoms with E-state index in [4.69, 9.17) is 0 Å². The second-order valence-electron chi connectivity index (χ2n) is 6.40. The molecule has 0 aliphatic heterocycles. The Morgan fingerprint density at radius 2 is 2.27 bits per heavy atom. The van der Waals surface area contributed by atoms with Gasteiger partial charge >= 0.3 is 5.69 Å². The highest BCUT2D eigenvalue weighted by atomic mass is 16.1. The highest BCUT2D eigenvalue weighted by Gasteiger charge is 2.26. The number of aromatic nitrogens is 5. The second-order valence-corrected chi connectivity index (χ2v) is 6.40. The van der Waals surface area contributed by atoms with Crippen LogP contribution < -0.4 is 5.69 Å². The average Bonchev–Trinajstić information content (AvgIpc) is 3.10. The number of pyridine rings is 1. The summed E-state index contributed by atoms with van der Waals surface area (Å²) < 4.78 is 1.94. The van der Waals surface area contributed by atoms with Crippen molar-refractivity contribution < 1.29 is 0 Å². The number of hydrogen-bond acceptors (Lipinski definition) is 3. The Labute approximate surface area is 128 Å². The minimum atomic E-state index is -0.0268. The summed E-state index contributed by atoms with van der Waals surface area (Å²) in [6, 6.07) is 0.278. The van der Waals surface area contributed by atoms with Crippen LogP contribution in [0.2, 0.25) is 0 Å². The van der Waals surface area contributed by atoms with Gasteiger partial charge in [0.1, 0.15) is 5.52 Å². The first kappa shape index (κ1) is 13.5. The third kappa shape index (κ3) is 2.05. The summed E-state index contributed by atoms with van der Waals surface area (Å²) in [7, 11) is 0. The Balaban J connectivity index is 1.85. The lowest BCUT2D eigenvalue weighted by Crippen LogP contribution is -2.27. The largest absolute Gasteiger partial charge is 0.341 e. The van der Waals surface area contributed by atoms with E-state index in [9.17, 15) is 4.79 Å². The van der Waals surface area contributed by atoms with Gasteiger partial charge in [-0.05, 0) is 18.8 Å². The number of imidazole rings is 2. The van der Waals surface area contributed by atoms with Crippen LogP contribution in [0.3, 0.4) is 0 Å². The van der Waals surface area contributed by atoms with E-state index in [1.54, 1.807) is 12.5 Å². The van der Waals surface area contributed by atoms with Gasteiger partial charge in [-0.1, -0.05) is 32.6 Å². The summed E-state index contributed by atoms with van der Waals surface area (Å²) in [4.78, 5) is 27.1. The summed E-state index contributed by atoms with van der Waals surface area (Å²) in [5, 5.41) is 0. The van der Waals surface area contributed by atoms with Crippen LogP contribution in [0, 0.1) is 5.92 Å². The Hall–Kier alpha value is -2.11. The lowest BCUT2D eigenvalue weighted by atomic mass is 9.83. The molecule has 22 heavy (non-hydrogen) atoms. The van der Waals surface area contributed by atoms with Crippen LogP contribution in [0.5, 0.6) is 0 Å². The van der Waals surface area contributed by atoms with E-state index in [0.29, 0.717) is 5.65 Å². The SMILES string of the molecule is CCC[C@H]1CCCC(n2c(=O)[nH]c3cnc4nc[nH]c4c32)C1. The molecule has 0 bridgehead atoms. The first-order chi connectivity index (χ1) is 10.8. The maximum Gasteiger partial charge on any atom is 0.326 e. The fraction of sp³-hybridized carbons (Fsp3) is 0.562. The van der Waals surface area contributed by atoms with Crippen molar-refractivity contribution in [2.24, 2.45) is 5.92 Å². The van der Waals surface area contributed by atoms with Crippen molar-refractivity contribution in [2.75, 3.05) is 0 Å². The quantitative estimate of drug-likeness (QED) is 0.779. The Bertz CT molecular complexity index is 856. The number of rotatable bonds is 3. The van der Waals surface area contributed by atoms with E-state index in [1.807, 2.05) is 4.57 Å². The van der Waals surface area contributed by atoms with Crippen LogP contribution in [0.1, 0.15) is 51.5 Å². The molecule has 2 N–H and O–H groups in total. The summed E-state index contributed by atoms with van der Waals surface area (Å²) >= 11 is 0. The van der Waals surface area contributed by atoms with Gasteiger partial charge in [0.25, 0.3) is 0 Å². The molecule has 4 rings (SSSR count). The van der Waals surface area contributed by atoms with Crippen LogP contribution in [0.4, 0.5) is 0 Å². The zero-order valence-electron chi connectivity index (χ0n) is 12.8. The van der Waals surface area contributed by atoms with Crippen LogP contribution in [-0.2, 0) is 0 Å². The molecule has 6 heteroatoms. The topological polar surface area (TPSA) is 79.4 Å². The van der Waals surface area contributed by atoms with Gasteiger partial charge in [-0.15, -0.1) is 0 Å². The lowest BCUT2D eigenvalue weighted by molar-refractivity contribution is 0.255. The van der Waals surface area contributed by atoms with Gasteiger partial charge in [-0.3, -0.25) is 4.57 Å². The van der Waals surface area contributed by atoms with Gasteiger partial charge in [0, 0.05) is 6.04 Å². The van der Waals surface area contributed by atoms with Gasteiger partial charge in [0.2, 0.25) is 0 Å². The van der Waals surface area contributed by atoms with Crippen molar-refractivity contribution in [2.45, 2.75) is 51.5 Å². The predicted octanol–water partition coefficient (Wildman–Crippen LogP) is 3.13. The van der Waals surface area contributed by atoms with E-state index in [-0.39, 0.29) is 11.7 Å². The Morgan fingerprint density at radius 3 is 3.14 bits per heavy atom. The molecule has 3 heterocycles. The maximum atomic E-state index is 12.5. The molecule has 1 aliphatic rings. The number of fused-ring (bicyclic) bond motifs is 3. The fourth-order valence-corrected chi connectivity index (χ4v) is 4.02. The van der Waals surface area contributed by atoms with Gasteiger partial charge in [-0.2, -0.15) is 0 Å². The normalized spacial score (nSPS) is 22.6. The molecule has 1 unspecified atom stereocenters. The molecular formula is C16H21N5O. The van der Waals surface area contributed by atoms with Crippen molar-refractivity contribution in [3.63, 3.8) is 0 Å². The van der Waals surface area contributed by atoms with Crippen molar-refractivity contribution in [1.29, 1.82) is 0 Å². The van der Waals surface area contributed by atoms with Crippen LogP contribution in [0.25, 0.3) is 22.2 Å². The molecule has 116 valence electrons. The fourth-order valence-electron chi connectivity index (χ4n) is 4.02. The van der Waals surface area contributed by atoms with Crippen molar-refractivity contribution in [3.8, 4) is 0 Å². The Morgan fingerprint density at radius 1 is 1.36 bits per heavy atom. The molecule has 1 fully saturated rings. The van der Waals surface area contributed by atoms with Crippen molar-refractivity contribution in [3.05, 3.63) is 23.0 Å². The van der Waals surface area contributed by atoms with Crippen LogP contribution >= 0.6 is 0 Å². The first-order valence-corrected chi connectivity index (χ1v) is 8.20. The zero-order chi connectivity index (χ0) is 15.1. The average molecular weight is 299 g/mol. The molecule has 1 saturated carbocycles. The number of H-pyrrole nitrogens is 2. The minimum absolute atomic E-state index is 0.0268. The molecular weight excluding hydrogens is 278 g/mol. The summed E-state index contributed by atoms with van der Waals surface area (Å²) in [6.45, 7) is 2.24. The molecule has 1 aliphatic carbocycles. The van der Waals surface area contributed by atoms with Gasteiger partial charge in [-0.25, -0.2) is 14.8 Å². The minimum Gasteiger partial charge on any atom is -0.341 e. The number of hydrogen-bond donors (Lipinski definition) is 2. The molecule has 2 atom stereocenters. The maximum absolute atomic E-state index is 12.5. The molecule has 0 aromatic carbocycles. The lowest BCUT2D eigenvalue weighted by Gasteiger charge is -2.29. The van der Waals surface area contributed by atoms with Gasteiger partial charge in [0.05, 0.1) is 23.6 Å². The van der Waals surface area contributed by atoms with E-state index in [1.165, 1.54) is 25.7 Å². The first-order valence-electron chi connectivity index (χ1n) is 8.20. The van der Waals surface area contributed by atoms with E-state index in [2.05, 4.69) is 26.9 Å². The third-order valence-corrected chi connectivity index (χ3v) is 4.95. The van der Waals surface area contributed by atoms with Crippen molar-refractivity contribution >= 4 is 22.2 Å². The summed E-state index contributed by atoms with van der Waals surface area (Å²) in [5.74, 6) is 0.736. The molecule has 0 spiro atoms.